The second kappa shape index (κ2) is 6.37. The van der Waals surface area contributed by atoms with Crippen molar-refractivity contribution in [3.8, 4) is 0 Å². The normalized spacial score (nSPS) is 18.8. The van der Waals surface area contributed by atoms with Gasteiger partial charge in [-0.05, 0) is 30.3 Å². The molecule has 2 aromatic rings. The second-order valence-corrected chi connectivity index (χ2v) is 5.76. The van der Waals surface area contributed by atoms with Crippen LogP contribution in [0.1, 0.15) is 17.2 Å². The summed E-state index contributed by atoms with van der Waals surface area (Å²) in [6, 6.07) is 10.6. The van der Waals surface area contributed by atoms with Crippen LogP contribution in [0, 0.1) is 10.1 Å². The lowest BCUT2D eigenvalue weighted by Crippen LogP contribution is -2.21. The average molecular weight is 359 g/mol. The second-order valence-electron chi connectivity index (χ2n) is 5.32. The van der Waals surface area contributed by atoms with Gasteiger partial charge in [-0.25, -0.2) is 0 Å². The molecule has 3 rings (SSSR count). The van der Waals surface area contributed by atoms with E-state index in [9.17, 15) is 24.8 Å². The Bertz CT molecular complexity index is 921. The van der Waals surface area contributed by atoms with E-state index in [0.29, 0.717) is 5.02 Å². The maximum atomic E-state index is 12.2. The number of nitro groups is 1. The van der Waals surface area contributed by atoms with E-state index >= 15 is 0 Å². The van der Waals surface area contributed by atoms with E-state index in [2.05, 4.69) is 5.32 Å². The quantitative estimate of drug-likeness (QED) is 0.288. The van der Waals surface area contributed by atoms with E-state index in [1.165, 1.54) is 42.5 Å². The van der Waals surface area contributed by atoms with Gasteiger partial charge < -0.3 is 10.4 Å². The molecule has 1 fully saturated rings. The highest BCUT2D eigenvalue weighted by atomic mass is 35.5. The van der Waals surface area contributed by atoms with Gasteiger partial charge in [-0.3, -0.25) is 19.7 Å². The molecule has 0 spiro atoms. The van der Waals surface area contributed by atoms with Gasteiger partial charge in [0.2, 0.25) is 0 Å². The Morgan fingerprint density at radius 1 is 1.12 bits per heavy atom. The molecule has 1 aliphatic rings. The molecule has 1 amide bonds. The van der Waals surface area contributed by atoms with Gasteiger partial charge in [0, 0.05) is 16.7 Å². The molecule has 2 aromatic carbocycles. The molecule has 0 radical (unpaired) electrons. The van der Waals surface area contributed by atoms with Gasteiger partial charge in [0.15, 0.2) is 0 Å². The lowest BCUT2D eigenvalue weighted by molar-refractivity contribution is -0.385. The number of hydrogen-bond donors (Lipinski definition) is 2. The highest BCUT2D eigenvalue weighted by Crippen LogP contribution is 2.36. The van der Waals surface area contributed by atoms with E-state index in [0.717, 1.165) is 0 Å². The van der Waals surface area contributed by atoms with Gasteiger partial charge in [-0.1, -0.05) is 23.7 Å². The number of nitrogens with zero attached hydrogens (tertiary/aromatic N) is 1. The number of carbonyl (C=O) groups is 2. The number of nitro benzene ring substituents is 1. The fourth-order valence-corrected chi connectivity index (χ4v) is 2.79. The maximum absolute atomic E-state index is 12.2. The third-order valence-electron chi connectivity index (χ3n) is 3.83. The molecule has 1 atom stereocenters. The van der Waals surface area contributed by atoms with Crippen molar-refractivity contribution in [3.63, 3.8) is 0 Å². The van der Waals surface area contributed by atoms with Gasteiger partial charge in [-0.15, -0.1) is 0 Å². The summed E-state index contributed by atoms with van der Waals surface area (Å²) in [6.45, 7) is 0. The first-order valence-electron chi connectivity index (χ1n) is 7.17. The molecule has 1 saturated heterocycles. The van der Waals surface area contributed by atoms with Crippen LogP contribution in [0.15, 0.2) is 54.1 Å². The first-order valence-corrected chi connectivity index (χ1v) is 7.55. The molecule has 8 heteroatoms. The van der Waals surface area contributed by atoms with E-state index in [1.54, 1.807) is 6.07 Å². The Morgan fingerprint density at radius 3 is 2.40 bits per heavy atom. The Morgan fingerprint density at radius 2 is 1.76 bits per heavy atom. The molecule has 7 nitrogen and oxygen atoms in total. The summed E-state index contributed by atoms with van der Waals surface area (Å²) in [7, 11) is 0. The van der Waals surface area contributed by atoms with Crippen molar-refractivity contribution in [1.82, 2.24) is 5.32 Å². The molecular weight excluding hydrogens is 348 g/mol. The number of Topliss-reactive ketones (excluding diaryl/α,β-unsaturated/α-hetero) is 1. The predicted octanol–water partition coefficient (Wildman–Crippen LogP) is 2.96. The highest BCUT2D eigenvalue weighted by Gasteiger charge is 2.42. The van der Waals surface area contributed by atoms with Crippen LogP contribution in [-0.2, 0) is 9.59 Å². The Balaban J connectivity index is 2.18. The number of halogens is 1. The van der Waals surface area contributed by atoms with Crippen LogP contribution in [0.4, 0.5) is 5.69 Å². The minimum absolute atomic E-state index is 0.113. The topological polar surface area (TPSA) is 110 Å². The monoisotopic (exact) mass is 358 g/mol. The first-order chi connectivity index (χ1) is 11.9. The van der Waals surface area contributed by atoms with E-state index in [4.69, 9.17) is 11.6 Å². The fraction of sp³-hybridized carbons (Fsp3) is 0.0588. The Labute approximate surface area is 146 Å². The van der Waals surface area contributed by atoms with E-state index < -0.39 is 28.4 Å². The number of benzene rings is 2. The minimum Gasteiger partial charge on any atom is -0.507 e. The lowest BCUT2D eigenvalue weighted by atomic mass is 9.95. The number of amides is 1. The third kappa shape index (κ3) is 2.97. The fourth-order valence-electron chi connectivity index (χ4n) is 2.66. The standard InChI is InChI=1S/C17H11ClN2O5/c18-10-7-5-9(6-8-10)15(21)13-14(19-17(23)16(13)22)11-3-1-2-4-12(11)20(24)25/h1-8,14,21H,(H,19,23)/b15-13-. The lowest BCUT2D eigenvalue weighted by Gasteiger charge is -2.13. The van der Waals surface area contributed by atoms with Crippen LogP contribution in [-0.4, -0.2) is 21.7 Å². The van der Waals surface area contributed by atoms with Crippen LogP contribution >= 0.6 is 11.6 Å². The summed E-state index contributed by atoms with van der Waals surface area (Å²) in [6.07, 6.45) is 0. The van der Waals surface area contributed by atoms with Gasteiger partial charge in [0.25, 0.3) is 17.4 Å². The summed E-state index contributed by atoms with van der Waals surface area (Å²) < 4.78 is 0. The summed E-state index contributed by atoms with van der Waals surface area (Å²) in [4.78, 5) is 34.7. The van der Waals surface area contributed by atoms with Crippen molar-refractivity contribution in [3.05, 3.63) is 80.4 Å². The summed E-state index contributed by atoms with van der Waals surface area (Å²) in [5.41, 5.74) is -0.111. The van der Waals surface area contributed by atoms with Crippen molar-refractivity contribution in [2.45, 2.75) is 6.04 Å². The van der Waals surface area contributed by atoms with Crippen molar-refractivity contribution in [2.24, 2.45) is 0 Å². The van der Waals surface area contributed by atoms with Crippen molar-refractivity contribution in [2.75, 3.05) is 0 Å². The summed E-state index contributed by atoms with van der Waals surface area (Å²) >= 11 is 5.80. The molecule has 0 aromatic heterocycles. The van der Waals surface area contributed by atoms with Crippen molar-refractivity contribution < 1.29 is 19.6 Å². The number of hydrogen-bond acceptors (Lipinski definition) is 5. The Hall–Kier alpha value is -3.19. The van der Waals surface area contributed by atoms with Gasteiger partial charge in [0.05, 0.1) is 22.1 Å². The van der Waals surface area contributed by atoms with Crippen LogP contribution < -0.4 is 5.32 Å². The molecular formula is C17H11ClN2O5. The predicted molar refractivity (Wildman–Crippen MR) is 90.0 cm³/mol. The number of para-hydroxylation sites is 1. The number of carbonyl (C=O) groups excluding carboxylic acids is 2. The van der Waals surface area contributed by atoms with E-state index in [-0.39, 0.29) is 22.4 Å². The number of nitrogens with one attached hydrogen (secondary N) is 1. The van der Waals surface area contributed by atoms with E-state index in [1.807, 2.05) is 0 Å². The van der Waals surface area contributed by atoms with Crippen molar-refractivity contribution in [1.29, 1.82) is 0 Å². The zero-order valence-corrected chi connectivity index (χ0v) is 13.4. The van der Waals surface area contributed by atoms with Crippen LogP contribution in [0.25, 0.3) is 5.76 Å². The third-order valence-corrected chi connectivity index (χ3v) is 4.08. The largest absolute Gasteiger partial charge is 0.507 e. The number of aliphatic hydroxyl groups excluding tert-OH is 1. The average Bonchev–Trinajstić information content (AvgIpc) is 2.90. The summed E-state index contributed by atoms with van der Waals surface area (Å²) in [5.74, 6) is -2.29. The smallest absolute Gasteiger partial charge is 0.293 e. The minimum atomic E-state index is -1.11. The van der Waals surface area contributed by atoms with Crippen molar-refractivity contribution >= 4 is 34.7 Å². The summed E-state index contributed by atoms with van der Waals surface area (Å²) in [5, 5.41) is 24.6. The van der Waals surface area contributed by atoms with Gasteiger partial charge in [0.1, 0.15) is 5.76 Å². The molecule has 2 N–H and O–H groups in total. The highest BCUT2D eigenvalue weighted by molar-refractivity contribution is 6.46. The van der Waals surface area contributed by atoms with Gasteiger partial charge in [-0.2, -0.15) is 0 Å². The molecule has 1 heterocycles. The molecule has 0 aliphatic carbocycles. The zero-order valence-electron chi connectivity index (χ0n) is 12.6. The molecule has 1 unspecified atom stereocenters. The molecule has 25 heavy (non-hydrogen) atoms. The number of aliphatic hydroxyl groups is 1. The SMILES string of the molecule is O=C1NC(c2ccccc2[N+](=O)[O-])/C(=C(/O)c2ccc(Cl)cc2)C1=O. The molecule has 126 valence electrons. The molecule has 0 saturated carbocycles. The maximum Gasteiger partial charge on any atom is 0.293 e. The molecule has 1 aliphatic heterocycles. The molecule has 0 bridgehead atoms. The Kier molecular flexibility index (Phi) is 4.24. The zero-order chi connectivity index (χ0) is 18.1. The van der Waals surface area contributed by atoms with Crippen LogP contribution in [0.2, 0.25) is 5.02 Å². The number of rotatable bonds is 3. The van der Waals surface area contributed by atoms with Crippen LogP contribution in [0.3, 0.4) is 0 Å². The van der Waals surface area contributed by atoms with Gasteiger partial charge >= 0.3 is 0 Å². The first kappa shape index (κ1) is 16.7. The number of ketones is 1. The van der Waals surface area contributed by atoms with Crippen LogP contribution in [0.5, 0.6) is 0 Å².